The number of hydrogen-bond acceptors (Lipinski definition) is 4. The minimum Gasteiger partial charge on any atom is -0.326 e. The Kier molecular flexibility index (Phi) is 6.46. The van der Waals surface area contributed by atoms with E-state index in [9.17, 15) is 14.4 Å². The zero-order chi connectivity index (χ0) is 16.7. The maximum Gasteiger partial charge on any atom is 0.269 e. The Morgan fingerprint density at radius 1 is 1.05 bits per heavy atom. The summed E-state index contributed by atoms with van der Waals surface area (Å²) in [7, 11) is 0. The van der Waals surface area contributed by atoms with Gasteiger partial charge in [0.15, 0.2) is 5.11 Å². The van der Waals surface area contributed by atoms with Gasteiger partial charge in [0, 0.05) is 24.1 Å². The zero-order valence-corrected chi connectivity index (χ0v) is 13.3. The molecule has 22 heavy (non-hydrogen) atoms. The summed E-state index contributed by atoms with van der Waals surface area (Å²) in [4.78, 5) is 34.1. The van der Waals surface area contributed by atoms with Gasteiger partial charge in [0.05, 0.1) is 0 Å². The van der Waals surface area contributed by atoms with Crippen LogP contribution >= 0.6 is 12.2 Å². The minimum atomic E-state index is -0.422. The molecule has 0 aliphatic heterocycles. The summed E-state index contributed by atoms with van der Waals surface area (Å²) in [5.74, 6) is -0.979. The standard InChI is InChI=1S/C14H18N4O3S/c1-8(2)12(20)16-11-6-4-10(5-7-11)13(21)17-18-14(22)15-9(3)19/h4-8H,1-3H3,(H,16,20)(H,17,21)(H2,15,18,19,22). The molecule has 0 aromatic heterocycles. The van der Waals surface area contributed by atoms with E-state index in [0.29, 0.717) is 11.3 Å². The first-order valence-electron chi connectivity index (χ1n) is 6.58. The van der Waals surface area contributed by atoms with Gasteiger partial charge in [-0.25, -0.2) is 0 Å². The van der Waals surface area contributed by atoms with E-state index in [4.69, 9.17) is 12.2 Å². The molecule has 0 unspecified atom stereocenters. The summed E-state index contributed by atoms with van der Waals surface area (Å²) < 4.78 is 0. The maximum atomic E-state index is 11.8. The fourth-order valence-electron chi connectivity index (χ4n) is 1.37. The molecule has 0 radical (unpaired) electrons. The average Bonchev–Trinajstić information content (AvgIpc) is 2.44. The van der Waals surface area contributed by atoms with Crippen LogP contribution in [0, 0.1) is 5.92 Å². The van der Waals surface area contributed by atoms with Gasteiger partial charge in [-0.1, -0.05) is 13.8 Å². The summed E-state index contributed by atoms with van der Waals surface area (Å²) >= 11 is 4.79. The van der Waals surface area contributed by atoms with Gasteiger partial charge in [-0.15, -0.1) is 0 Å². The SMILES string of the molecule is CC(=O)NC(=S)NNC(=O)c1ccc(NC(=O)C(C)C)cc1. The molecular formula is C14H18N4O3S. The third-order valence-corrected chi connectivity index (χ3v) is 2.72. The third-order valence-electron chi connectivity index (χ3n) is 2.52. The third kappa shape index (κ3) is 5.88. The van der Waals surface area contributed by atoms with Gasteiger partial charge >= 0.3 is 0 Å². The predicted octanol–water partition coefficient (Wildman–Crippen LogP) is 0.936. The summed E-state index contributed by atoms with van der Waals surface area (Å²) in [6, 6.07) is 6.38. The smallest absolute Gasteiger partial charge is 0.269 e. The van der Waals surface area contributed by atoms with E-state index in [1.165, 1.54) is 6.92 Å². The lowest BCUT2D eigenvalue weighted by Gasteiger charge is -2.10. The van der Waals surface area contributed by atoms with E-state index in [0.717, 1.165) is 0 Å². The predicted molar refractivity (Wildman–Crippen MR) is 86.9 cm³/mol. The van der Waals surface area contributed by atoms with Crippen LogP contribution in [-0.2, 0) is 9.59 Å². The van der Waals surface area contributed by atoms with Crippen LogP contribution in [0.3, 0.4) is 0 Å². The number of carbonyl (C=O) groups excluding carboxylic acids is 3. The lowest BCUT2D eigenvalue weighted by atomic mass is 10.1. The lowest BCUT2D eigenvalue weighted by Crippen LogP contribution is -2.47. The molecule has 0 atom stereocenters. The Hall–Kier alpha value is -2.48. The molecule has 0 aliphatic carbocycles. The van der Waals surface area contributed by atoms with Crippen LogP contribution in [0.15, 0.2) is 24.3 Å². The number of rotatable bonds is 3. The highest BCUT2D eigenvalue weighted by molar-refractivity contribution is 7.80. The molecule has 4 N–H and O–H groups in total. The molecule has 1 aromatic rings. The van der Waals surface area contributed by atoms with Crippen LogP contribution in [0.1, 0.15) is 31.1 Å². The molecule has 0 saturated carbocycles. The van der Waals surface area contributed by atoms with Crippen molar-refractivity contribution in [3.63, 3.8) is 0 Å². The van der Waals surface area contributed by atoms with Gasteiger partial charge in [-0.05, 0) is 36.5 Å². The van der Waals surface area contributed by atoms with Crippen LogP contribution in [0.2, 0.25) is 0 Å². The topological polar surface area (TPSA) is 99.3 Å². The van der Waals surface area contributed by atoms with Crippen LogP contribution in [-0.4, -0.2) is 22.8 Å². The molecule has 0 bridgehead atoms. The van der Waals surface area contributed by atoms with Crippen LogP contribution in [0.4, 0.5) is 5.69 Å². The van der Waals surface area contributed by atoms with Gasteiger partial charge in [0.1, 0.15) is 0 Å². The number of nitrogens with one attached hydrogen (secondary N) is 4. The number of carbonyl (C=O) groups is 3. The molecule has 7 nitrogen and oxygen atoms in total. The largest absolute Gasteiger partial charge is 0.326 e. The lowest BCUT2D eigenvalue weighted by molar-refractivity contribution is -0.119. The number of benzene rings is 1. The second kappa shape index (κ2) is 8.08. The van der Waals surface area contributed by atoms with Crippen LogP contribution in [0.25, 0.3) is 0 Å². The minimum absolute atomic E-state index is 0.00154. The molecule has 0 aliphatic rings. The highest BCUT2D eigenvalue weighted by Crippen LogP contribution is 2.10. The van der Waals surface area contributed by atoms with Gasteiger partial charge in [0.25, 0.3) is 5.91 Å². The number of anilines is 1. The summed E-state index contributed by atoms with van der Waals surface area (Å²) in [5.41, 5.74) is 5.74. The van der Waals surface area contributed by atoms with E-state index < -0.39 is 5.91 Å². The van der Waals surface area contributed by atoms with Gasteiger partial charge in [-0.3, -0.25) is 25.2 Å². The number of amides is 3. The molecule has 0 saturated heterocycles. The van der Waals surface area contributed by atoms with Crippen molar-refractivity contribution in [3.8, 4) is 0 Å². The van der Waals surface area contributed by atoms with Crippen molar-refractivity contribution in [2.75, 3.05) is 5.32 Å². The number of thiocarbonyl (C=S) groups is 1. The zero-order valence-electron chi connectivity index (χ0n) is 12.5. The first-order valence-corrected chi connectivity index (χ1v) is 6.99. The van der Waals surface area contributed by atoms with Crippen molar-refractivity contribution in [1.29, 1.82) is 0 Å². The fraction of sp³-hybridized carbons (Fsp3) is 0.286. The Labute approximate surface area is 133 Å². The molecule has 1 rings (SSSR count). The fourth-order valence-corrected chi connectivity index (χ4v) is 1.56. The van der Waals surface area contributed by atoms with Gasteiger partial charge < -0.3 is 10.6 Å². The van der Waals surface area contributed by atoms with E-state index in [1.807, 2.05) is 0 Å². The monoisotopic (exact) mass is 322 g/mol. The highest BCUT2D eigenvalue weighted by Gasteiger charge is 2.09. The molecule has 0 heterocycles. The Morgan fingerprint density at radius 2 is 1.64 bits per heavy atom. The van der Waals surface area contributed by atoms with Crippen molar-refractivity contribution in [3.05, 3.63) is 29.8 Å². The number of hydrogen-bond donors (Lipinski definition) is 4. The highest BCUT2D eigenvalue weighted by atomic mass is 32.1. The molecule has 8 heteroatoms. The average molecular weight is 322 g/mol. The van der Waals surface area contributed by atoms with Crippen molar-refractivity contribution in [2.24, 2.45) is 5.92 Å². The molecular weight excluding hydrogens is 304 g/mol. The Balaban J connectivity index is 2.55. The van der Waals surface area contributed by atoms with Crippen molar-refractivity contribution in [1.82, 2.24) is 16.2 Å². The van der Waals surface area contributed by atoms with E-state index in [1.54, 1.807) is 38.1 Å². The van der Waals surface area contributed by atoms with E-state index in [2.05, 4.69) is 21.5 Å². The molecule has 0 spiro atoms. The van der Waals surface area contributed by atoms with Crippen molar-refractivity contribution < 1.29 is 14.4 Å². The second-order valence-electron chi connectivity index (χ2n) is 4.81. The quantitative estimate of drug-likeness (QED) is 0.490. The summed E-state index contributed by atoms with van der Waals surface area (Å²) in [6.45, 7) is 4.89. The maximum absolute atomic E-state index is 11.8. The Bertz CT molecular complexity index is 584. The normalized spacial score (nSPS) is 9.82. The van der Waals surface area contributed by atoms with Crippen molar-refractivity contribution >= 4 is 40.7 Å². The molecule has 3 amide bonds. The second-order valence-corrected chi connectivity index (χ2v) is 5.22. The summed E-state index contributed by atoms with van der Waals surface area (Å²) in [5, 5.41) is 5.04. The molecule has 0 fully saturated rings. The van der Waals surface area contributed by atoms with Crippen molar-refractivity contribution in [2.45, 2.75) is 20.8 Å². The first-order chi connectivity index (χ1) is 10.3. The number of hydrazine groups is 1. The first kappa shape index (κ1) is 17.6. The molecule has 1 aromatic carbocycles. The van der Waals surface area contributed by atoms with E-state index >= 15 is 0 Å². The van der Waals surface area contributed by atoms with Crippen LogP contribution in [0.5, 0.6) is 0 Å². The van der Waals surface area contributed by atoms with Crippen LogP contribution < -0.4 is 21.5 Å². The molecule has 118 valence electrons. The van der Waals surface area contributed by atoms with Gasteiger partial charge in [-0.2, -0.15) is 0 Å². The Morgan fingerprint density at radius 3 is 2.14 bits per heavy atom. The summed E-state index contributed by atoms with van der Waals surface area (Å²) in [6.07, 6.45) is 0. The van der Waals surface area contributed by atoms with Gasteiger partial charge in [0.2, 0.25) is 11.8 Å². The van der Waals surface area contributed by atoms with E-state index in [-0.39, 0.29) is 22.8 Å².